The molecule has 6 nitrogen and oxygen atoms in total. The lowest BCUT2D eigenvalue weighted by molar-refractivity contribution is 0.0620. The van der Waals surface area contributed by atoms with E-state index in [1.54, 1.807) is 36.4 Å². The number of esters is 1. The molecule has 2 aromatic rings. The average Bonchev–Trinajstić information content (AvgIpc) is 2.62. The van der Waals surface area contributed by atoms with Crippen LogP contribution in [-0.4, -0.2) is 32.0 Å². The molecule has 28 heavy (non-hydrogen) atoms. The third-order valence-electron chi connectivity index (χ3n) is 3.19. The number of ether oxygens (including phenoxy) is 1. The van der Waals surface area contributed by atoms with Crippen LogP contribution in [0.5, 0.6) is 0 Å². The monoisotopic (exact) mass is 465 g/mol. The molecule has 0 bridgehead atoms. The number of nitrogens with one attached hydrogen (secondary N) is 1. The van der Waals surface area contributed by atoms with Gasteiger partial charge >= 0.3 is 5.97 Å². The fourth-order valence-corrected chi connectivity index (χ4v) is 2.54. The molecule has 8 heteroatoms. The molecule has 0 fully saturated rings. The summed E-state index contributed by atoms with van der Waals surface area (Å²) in [5, 5.41) is 2.88. The second-order valence-electron chi connectivity index (χ2n) is 5.53. The smallest absolute Gasteiger partial charge is 0.343 e. The number of terminal acetylenes is 1. The van der Waals surface area contributed by atoms with Gasteiger partial charge in [0.2, 0.25) is 0 Å². The number of aryl methyl sites for hydroxylation is 1. The van der Waals surface area contributed by atoms with Crippen molar-refractivity contribution in [3.05, 3.63) is 76.5 Å². The summed E-state index contributed by atoms with van der Waals surface area (Å²) in [5.41, 5.74) is 1.43. The summed E-state index contributed by atoms with van der Waals surface area (Å²) in [7, 11) is -4.02. The zero-order chi connectivity index (χ0) is 21.2. The summed E-state index contributed by atoms with van der Waals surface area (Å²) >= 11 is 3.29. The molecule has 0 saturated carbocycles. The number of rotatable bonds is 6. The van der Waals surface area contributed by atoms with Crippen LogP contribution in [0.2, 0.25) is 0 Å². The highest BCUT2D eigenvalue weighted by Crippen LogP contribution is 2.12. The minimum atomic E-state index is -4.02. The van der Waals surface area contributed by atoms with E-state index in [0.29, 0.717) is 24.4 Å². The maximum Gasteiger partial charge on any atom is 0.343 e. The summed E-state index contributed by atoms with van der Waals surface area (Å²) in [6.07, 6.45) is 5.07. The molecule has 0 amide bonds. The molecule has 0 atom stereocenters. The van der Waals surface area contributed by atoms with Gasteiger partial charge in [0, 0.05) is 4.47 Å². The van der Waals surface area contributed by atoms with E-state index in [0.717, 1.165) is 10.0 Å². The van der Waals surface area contributed by atoms with Crippen molar-refractivity contribution in [2.24, 2.45) is 0 Å². The summed E-state index contributed by atoms with van der Waals surface area (Å²) < 4.78 is 35.5. The van der Waals surface area contributed by atoms with Crippen LogP contribution in [0.1, 0.15) is 15.9 Å². The number of halogens is 1. The highest BCUT2D eigenvalue weighted by Gasteiger charge is 2.08. The first-order valence-electron chi connectivity index (χ1n) is 7.97. The van der Waals surface area contributed by atoms with Gasteiger partial charge < -0.3 is 4.74 Å². The standard InChI is InChI=1S/C13H12BrNO2.C7H8O3S/c1-3-8-15-9-10(2)17-13(16)11-4-6-12(14)7-5-11;1-6-2-4-7(5-3-6)11(8,9)10/h1,4-7,15H,2,8-9H2;2-5H,1H3,(H,8,9,10). The Hall–Kier alpha value is -2.44. The number of benzene rings is 2. The second kappa shape index (κ2) is 11.4. The normalized spacial score (nSPS) is 10.2. The first-order valence-corrected chi connectivity index (χ1v) is 10.2. The molecule has 2 aromatic carbocycles. The van der Waals surface area contributed by atoms with Crippen molar-refractivity contribution in [1.82, 2.24) is 5.32 Å². The molecule has 0 heterocycles. The van der Waals surface area contributed by atoms with Crippen molar-refractivity contribution in [3.63, 3.8) is 0 Å². The lowest BCUT2D eigenvalue weighted by atomic mass is 10.2. The van der Waals surface area contributed by atoms with E-state index in [-0.39, 0.29) is 4.90 Å². The van der Waals surface area contributed by atoms with Crippen molar-refractivity contribution in [1.29, 1.82) is 0 Å². The van der Waals surface area contributed by atoms with Gasteiger partial charge in [-0.2, -0.15) is 8.42 Å². The van der Waals surface area contributed by atoms with Crippen molar-refractivity contribution in [2.45, 2.75) is 11.8 Å². The van der Waals surface area contributed by atoms with Gasteiger partial charge in [-0.05, 0) is 43.3 Å². The van der Waals surface area contributed by atoms with Crippen LogP contribution in [0.4, 0.5) is 0 Å². The van der Waals surface area contributed by atoms with E-state index in [1.165, 1.54) is 12.1 Å². The minimum absolute atomic E-state index is 0.0666. The largest absolute Gasteiger partial charge is 0.427 e. The van der Waals surface area contributed by atoms with Crippen LogP contribution in [-0.2, 0) is 14.9 Å². The minimum Gasteiger partial charge on any atom is -0.427 e. The first kappa shape index (κ1) is 23.6. The molecule has 0 aliphatic carbocycles. The van der Waals surface area contributed by atoms with Gasteiger partial charge in [0.25, 0.3) is 10.1 Å². The van der Waals surface area contributed by atoms with Crippen molar-refractivity contribution in [3.8, 4) is 12.3 Å². The average molecular weight is 466 g/mol. The summed E-state index contributed by atoms with van der Waals surface area (Å²) in [6, 6.07) is 12.9. The van der Waals surface area contributed by atoms with Crippen LogP contribution in [0.25, 0.3) is 0 Å². The number of hydrogen-bond donors (Lipinski definition) is 2. The Morgan fingerprint density at radius 1 is 1.21 bits per heavy atom. The van der Waals surface area contributed by atoms with E-state index in [1.807, 2.05) is 6.92 Å². The molecule has 0 saturated heterocycles. The Kier molecular flexibility index (Phi) is 9.62. The lowest BCUT2D eigenvalue weighted by Gasteiger charge is -2.07. The SMILES string of the molecule is C#CCNCC(=C)OC(=O)c1ccc(Br)cc1.Cc1ccc(S(=O)(=O)O)cc1. The van der Waals surface area contributed by atoms with Crippen LogP contribution in [0, 0.1) is 19.3 Å². The maximum atomic E-state index is 11.6. The highest BCUT2D eigenvalue weighted by molar-refractivity contribution is 9.10. The topological polar surface area (TPSA) is 92.7 Å². The van der Waals surface area contributed by atoms with Crippen molar-refractivity contribution < 1.29 is 22.5 Å². The third-order valence-corrected chi connectivity index (χ3v) is 4.58. The van der Waals surface area contributed by atoms with E-state index >= 15 is 0 Å². The molecule has 0 aromatic heterocycles. The van der Waals surface area contributed by atoms with E-state index in [2.05, 4.69) is 33.7 Å². The van der Waals surface area contributed by atoms with E-state index in [9.17, 15) is 13.2 Å². The molecule has 2 rings (SSSR count). The van der Waals surface area contributed by atoms with Gasteiger partial charge in [-0.25, -0.2) is 4.79 Å². The fraction of sp³-hybridized carbons (Fsp3) is 0.150. The van der Waals surface area contributed by atoms with Gasteiger partial charge in [-0.15, -0.1) is 6.42 Å². The molecule has 0 radical (unpaired) electrons. The highest BCUT2D eigenvalue weighted by atomic mass is 79.9. The van der Waals surface area contributed by atoms with Gasteiger partial charge in [-0.1, -0.05) is 46.1 Å². The number of hydrogen-bond acceptors (Lipinski definition) is 5. The molecule has 0 aliphatic heterocycles. The molecule has 148 valence electrons. The molecule has 0 spiro atoms. The van der Waals surface area contributed by atoms with Crippen LogP contribution < -0.4 is 5.32 Å². The molecule has 2 N–H and O–H groups in total. The Morgan fingerprint density at radius 2 is 1.79 bits per heavy atom. The maximum absolute atomic E-state index is 11.6. The zero-order valence-corrected chi connectivity index (χ0v) is 17.6. The van der Waals surface area contributed by atoms with E-state index < -0.39 is 16.1 Å². The predicted octanol–water partition coefficient (Wildman–Crippen LogP) is 3.58. The first-order chi connectivity index (χ1) is 13.1. The van der Waals surface area contributed by atoms with Gasteiger partial charge in [0.05, 0.1) is 23.5 Å². The molecular weight excluding hydrogens is 446 g/mol. The Balaban J connectivity index is 0.000000307. The zero-order valence-electron chi connectivity index (χ0n) is 15.2. The van der Waals surface area contributed by atoms with Crippen LogP contribution >= 0.6 is 15.9 Å². The van der Waals surface area contributed by atoms with Gasteiger partial charge in [0.15, 0.2) is 0 Å². The Bertz CT molecular complexity index is 946. The fourth-order valence-electron chi connectivity index (χ4n) is 1.80. The van der Waals surface area contributed by atoms with Crippen molar-refractivity contribution >= 4 is 32.0 Å². The summed E-state index contributed by atoms with van der Waals surface area (Å²) in [5.74, 6) is 2.33. The van der Waals surface area contributed by atoms with Crippen LogP contribution in [0.3, 0.4) is 0 Å². The number of carbonyl (C=O) groups is 1. The predicted molar refractivity (Wildman–Crippen MR) is 111 cm³/mol. The molecular formula is C20H20BrNO5S. The molecule has 0 aliphatic rings. The Labute approximate surface area is 173 Å². The van der Waals surface area contributed by atoms with Gasteiger partial charge in [0.1, 0.15) is 5.76 Å². The Morgan fingerprint density at radius 3 is 2.29 bits per heavy atom. The lowest BCUT2D eigenvalue weighted by Crippen LogP contribution is -2.19. The summed E-state index contributed by atoms with van der Waals surface area (Å²) in [6.45, 7) is 6.23. The third kappa shape index (κ3) is 8.97. The molecule has 0 unspecified atom stereocenters. The van der Waals surface area contributed by atoms with Crippen LogP contribution in [0.15, 0.2) is 70.2 Å². The second-order valence-corrected chi connectivity index (χ2v) is 7.87. The van der Waals surface area contributed by atoms with E-state index in [4.69, 9.17) is 15.7 Å². The van der Waals surface area contributed by atoms with Crippen molar-refractivity contribution in [2.75, 3.05) is 13.1 Å². The van der Waals surface area contributed by atoms with Gasteiger partial charge in [-0.3, -0.25) is 9.87 Å². The summed E-state index contributed by atoms with van der Waals surface area (Å²) in [4.78, 5) is 11.6. The number of carbonyl (C=O) groups excluding carboxylic acids is 1. The quantitative estimate of drug-likeness (QED) is 0.222.